The highest BCUT2D eigenvalue weighted by Gasteiger charge is 2.32. The van der Waals surface area contributed by atoms with E-state index in [0.29, 0.717) is 6.54 Å². The van der Waals surface area contributed by atoms with Crippen molar-refractivity contribution < 1.29 is 19.1 Å². The van der Waals surface area contributed by atoms with E-state index in [0.717, 1.165) is 5.56 Å². The molecule has 0 spiro atoms. The first-order valence-electron chi connectivity index (χ1n) is 5.94. The number of hydrogen-bond donors (Lipinski definition) is 1. The highest BCUT2D eigenvalue weighted by molar-refractivity contribution is 5.86. The number of amides is 1. The molecule has 1 N–H and O–H groups in total. The Hall–Kier alpha value is -1.91. The van der Waals surface area contributed by atoms with Gasteiger partial charge < -0.3 is 10.0 Å². The Morgan fingerprint density at radius 3 is 2.26 bits per heavy atom. The van der Waals surface area contributed by atoms with Crippen molar-refractivity contribution in [2.75, 3.05) is 7.05 Å². The van der Waals surface area contributed by atoms with E-state index < -0.39 is 11.4 Å². The minimum Gasteiger partial charge on any atom is -0.481 e. The number of benzene rings is 1. The van der Waals surface area contributed by atoms with Gasteiger partial charge in [-0.1, -0.05) is 26.0 Å². The van der Waals surface area contributed by atoms with Gasteiger partial charge in [0.2, 0.25) is 5.91 Å². The molecule has 0 aromatic heterocycles. The number of carboxylic acid groups (broad SMARTS) is 1. The number of carboxylic acids is 1. The zero-order chi connectivity index (χ0) is 14.6. The highest BCUT2D eigenvalue weighted by atomic mass is 19.1. The van der Waals surface area contributed by atoms with E-state index >= 15 is 0 Å². The van der Waals surface area contributed by atoms with Gasteiger partial charge in [-0.15, -0.1) is 0 Å². The van der Waals surface area contributed by atoms with Gasteiger partial charge in [-0.3, -0.25) is 9.59 Å². The van der Waals surface area contributed by atoms with Gasteiger partial charge in [0.25, 0.3) is 0 Å². The lowest BCUT2D eigenvalue weighted by molar-refractivity contribution is -0.148. The summed E-state index contributed by atoms with van der Waals surface area (Å²) in [5, 5.41) is 8.79. The van der Waals surface area contributed by atoms with Crippen molar-refractivity contribution in [2.45, 2.75) is 26.8 Å². The molecule has 5 heteroatoms. The standard InChI is InChI=1S/C14H18FNO3/c1-14(2,8-12(17)18)13(19)16(3)9-10-4-6-11(15)7-5-10/h4-7H,8-9H2,1-3H3,(H,17,18). The molecule has 0 saturated carbocycles. The van der Waals surface area contributed by atoms with Crippen LogP contribution >= 0.6 is 0 Å². The minimum atomic E-state index is -1.01. The Bertz CT molecular complexity index is 468. The number of carbonyl (C=O) groups is 2. The fourth-order valence-electron chi connectivity index (χ4n) is 1.91. The van der Waals surface area contributed by atoms with Crippen molar-refractivity contribution in [3.8, 4) is 0 Å². The third kappa shape index (κ3) is 4.35. The summed E-state index contributed by atoms with van der Waals surface area (Å²) in [7, 11) is 1.61. The van der Waals surface area contributed by atoms with Gasteiger partial charge in [0.15, 0.2) is 0 Å². The van der Waals surface area contributed by atoms with Gasteiger partial charge in [-0.2, -0.15) is 0 Å². The van der Waals surface area contributed by atoms with Crippen LogP contribution in [0.3, 0.4) is 0 Å². The molecule has 0 aliphatic rings. The smallest absolute Gasteiger partial charge is 0.304 e. The van der Waals surface area contributed by atoms with Crippen LogP contribution in [-0.4, -0.2) is 28.9 Å². The van der Waals surface area contributed by atoms with Crippen molar-refractivity contribution in [2.24, 2.45) is 5.41 Å². The van der Waals surface area contributed by atoms with E-state index in [9.17, 15) is 14.0 Å². The molecule has 0 atom stereocenters. The average Bonchev–Trinajstić information content (AvgIpc) is 2.29. The van der Waals surface area contributed by atoms with Gasteiger partial charge in [-0.25, -0.2) is 4.39 Å². The van der Waals surface area contributed by atoms with Crippen molar-refractivity contribution in [1.82, 2.24) is 4.90 Å². The van der Waals surface area contributed by atoms with Crippen LogP contribution in [0.15, 0.2) is 24.3 Å². The third-order valence-electron chi connectivity index (χ3n) is 2.85. The molecule has 0 heterocycles. The van der Waals surface area contributed by atoms with Crippen LogP contribution in [-0.2, 0) is 16.1 Å². The Balaban J connectivity index is 2.72. The maximum absolute atomic E-state index is 12.8. The first-order chi connectivity index (χ1) is 8.72. The predicted molar refractivity (Wildman–Crippen MR) is 68.9 cm³/mol. The lowest BCUT2D eigenvalue weighted by Gasteiger charge is -2.28. The summed E-state index contributed by atoms with van der Waals surface area (Å²) >= 11 is 0. The number of rotatable bonds is 5. The van der Waals surface area contributed by atoms with E-state index in [1.54, 1.807) is 33.0 Å². The summed E-state index contributed by atoms with van der Waals surface area (Å²) in [5.41, 5.74) is -0.163. The van der Waals surface area contributed by atoms with Crippen molar-refractivity contribution >= 4 is 11.9 Å². The number of halogens is 1. The normalized spacial score (nSPS) is 11.2. The number of aliphatic carboxylic acids is 1. The lowest BCUT2D eigenvalue weighted by atomic mass is 9.87. The molecule has 0 aliphatic heterocycles. The second kappa shape index (κ2) is 5.82. The molecule has 1 rings (SSSR count). The third-order valence-corrected chi connectivity index (χ3v) is 2.85. The molecule has 0 fully saturated rings. The second-order valence-electron chi connectivity index (χ2n) is 5.24. The number of hydrogen-bond acceptors (Lipinski definition) is 2. The number of nitrogens with zero attached hydrogens (tertiary/aromatic N) is 1. The molecule has 0 radical (unpaired) electrons. The molecule has 1 amide bonds. The van der Waals surface area contributed by atoms with E-state index in [4.69, 9.17) is 5.11 Å². The Morgan fingerprint density at radius 1 is 1.26 bits per heavy atom. The molecule has 1 aromatic rings. The SMILES string of the molecule is CN(Cc1ccc(F)cc1)C(=O)C(C)(C)CC(=O)O. The number of carbonyl (C=O) groups excluding carboxylic acids is 1. The van der Waals surface area contributed by atoms with Crippen LogP contribution in [0.4, 0.5) is 4.39 Å². The van der Waals surface area contributed by atoms with Crippen LogP contribution in [0.2, 0.25) is 0 Å². The zero-order valence-corrected chi connectivity index (χ0v) is 11.3. The maximum atomic E-state index is 12.8. The van der Waals surface area contributed by atoms with Crippen LogP contribution < -0.4 is 0 Å². The molecule has 104 valence electrons. The van der Waals surface area contributed by atoms with E-state index in [1.165, 1.54) is 17.0 Å². The fourth-order valence-corrected chi connectivity index (χ4v) is 1.91. The first kappa shape index (κ1) is 15.1. The molecular weight excluding hydrogens is 249 g/mol. The van der Waals surface area contributed by atoms with Crippen molar-refractivity contribution in [1.29, 1.82) is 0 Å². The molecule has 0 aliphatic carbocycles. The van der Waals surface area contributed by atoms with E-state index in [-0.39, 0.29) is 18.1 Å². The summed E-state index contributed by atoms with van der Waals surface area (Å²) in [6.07, 6.45) is -0.223. The fraction of sp³-hybridized carbons (Fsp3) is 0.429. The molecule has 0 saturated heterocycles. The summed E-state index contributed by atoms with van der Waals surface area (Å²) in [6, 6.07) is 5.86. The largest absolute Gasteiger partial charge is 0.481 e. The summed E-state index contributed by atoms with van der Waals surface area (Å²) in [4.78, 5) is 24.3. The van der Waals surface area contributed by atoms with Crippen LogP contribution in [0, 0.1) is 11.2 Å². The van der Waals surface area contributed by atoms with Crippen LogP contribution in [0.25, 0.3) is 0 Å². The van der Waals surface area contributed by atoms with Gasteiger partial charge in [0.1, 0.15) is 5.82 Å². The molecule has 0 bridgehead atoms. The van der Waals surface area contributed by atoms with Crippen molar-refractivity contribution in [3.05, 3.63) is 35.6 Å². The lowest BCUT2D eigenvalue weighted by Crippen LogP contribution is -2.39. The topological polar surface area (TPSA) is 57.6 Å². The second-order valence-corrected chi connectivity index (χ2v) is 5.24. The summed E-state index contributed by atoms with van der Waals surface area (Å²) < 4.78 is 12.8. The monoisotopic (exact) mass is 267 g/mol. The molecular formula is C14H18FNO3. The minimum absolute atomic E-state index is 0.223. The van der Waals surface area contributed by atoms with E-state index in [1.807, 2.05) is 0 Å². The van der Waals surface area contributed by atoms with Crippen molar-refractivity contribution in [3.63, 3.8) is 0 Å². The Labute approximate surface area is 111 Å². The Morgan fingerprint density at radius 2 is 1.79 bits per heavy atom. The zero-order valence-electron chi connectivity index (χ0n) is 11.3. The van der Waals surface area contributed by atoms with Crippen LogP contribution in [0.5, 0.6) is 0 Å². The van der Waals surface area contributed by atoms with Crippen LogP contribution in [0.1, 0.15) is 25.8 Å². The Kier molecular flexibility index (Phi) is 4.64. The quantitative estimate of drug-likeness (QED) is 0.890. The molecule has 4 nitrogen and oxygen atoms in total. The van der Waals surface area contributed by atoms with E-state index in [2.05, 4.69) is 0 Å². The average molecular weight is 267 g/mol. The van der Waals surface area contributed by atoms with Gasteiger partial charge in [0, 0.05) is 13.6 Å². The summed E-state index contributed by atoms with van der Waals surface area (Å²) in [6.45, 7) is 3.53. The molecule has 19 heavy (non-hydrogen) atoms. The predicted octanol–water partition coefficient (Wildman–Crippen LogP) is 2.29. The van der Waals surface area contributed by atoms with Gasteiger partial charge in [-0.05, 0) is 17.7 Å². The molecule has 1 aromatic carbocycles. The maximum Gasteiger partial charge on any atom is 0.304 e. The first-order valence-corrected chi connectivity index (χ1v) is 5.94. The summed E-state index contributed by atoms with van der Waals surface area (Å²) in [5.74, 6) is -1.59. The van der Waals surface area contributed by atoms with Gasteiger partial charge in [0.05, 0.1) is 11.8 Å². The highest BCUT2D eigenvalue weighted by Crippen LogP contribution is 2.23. The molecule has 0 unspecified atom stereocenters. The van der Waals surface area contributed by atoms with Gasteiger partial charge >= 0.3 is 5.97 Å².